The third kappa shape index (κ3) is 2.33. The number of hydrogen-bond donors (Lipinski definition) is 0. The van der Waals surface area contributed by atoms with Crippen LogP contribution in [0.25, 0.3) is 0 Å². The Labute approximate surface area is 107 Å². The van der Waals surface area contributed by atoms with Crippen LogP contribution >= 0.6 is 15.9 Å². The molecule has 0 aromatic carbocycles. The first-order valence-electron chi connectivity index (χ1n) is 7.08. The zero-order valence-electron chi connectivity index (χ0n) is 10.1. The van der Waals surface area contributed by atoms with Gasteiger partial charge in [-0.05, 0) is 57.3 Å². The standard InChI is InChI=1S/C14H23BrO/c15-12-4-3-11(9-12)10-13-5-8-14(16-13)6-1-2-7-14/h11-13H,1-10H2. The van der Waals surface area contributed by atoms with Crippen LogP contribution in [0, 0.1) is 5.92 Å². The molecule has 1 aliphatic heterocycles. The molecule has 0 aromatic heterocycles. The van der Waals surface area contributed by atoms with Gasteiger partial charge in [0.2, 0.25) is 0 Å². The van der Waals surface area contributed by atoms with E-state index in [4.69, 9.17) is 4.74 Å². The molecule has 0 N–H and O–H groups in total. The van der Waals surface area contributed by atoms with Gasteiger partial charge in [0.25, 0.3) is 0 Å². The van der Waals surface area contributed by atoms with Crippen molar-refractivity contribution >= 4 is 15.9 Å². The number of rotatable bonds is 2. The van der Waals surface area contributed by atoms with Gasteiger partial charge in [-0.2, -0.15) is 0 Å². The molecular weight excluding hydrogens is 264 g/mol. The van der Waals surface area contributed by atoms with Gasteiger partial charge in [-0.3, -0.25) is 0 Å². The molecule has 3 aliphatic rings. The van der Waals surface area contributed by atoms with Gasteiger partial charge in [0, 0.05) is 4.83 Å². The third-order valence-corrected chi connectivity index (χ3v) is 5.76. The van der Waals surface area contributed by atoms with Crippen LogP contribution in [-0.4, -0.2) is 16.5 Å². The molecule has 1 spiro atoms. The summed E-state index contributed by atoms with van der Waals surface area (Å²) < 4.78 is 6.39. The molecular formula is C14H23BrO. The maximum atomic E-state index is 6.39. The molecule has 3 fully saturated rings. The highest BCUT2D eigenvalue weighted by molar-refractivity contribution is 9.09. The van der Waals surface area contributed by atoms with Crippen LogP contribution in [0.3, 0.4) is 0 Å². The highest BCUT2D eigenvalue weighted by Gasteiger charge is 2.42. The lowest BCUT2D eigenvalue weighted by Crippen LogP contribution is -2.25. The van der Waals surface area contributed by atoms with E-state index in [1.54, 1.807) is 0 Å². The molecule has 2 heteroatoms. The summed E-state index contributed by atoms with van der Waals surface area (Å²) in [5.41, 5.74) is 0.344. The summed E-state index contributed by atoms with van der Waals surface area (Å²) in [6, 6.07) is 0. The quantitative estimate of drug-likeness (QED) is 0.683. The van der Waals surface area contributed by atoms with Crippen LogP contribution in [-0.2, 0) is 4.74 Å². The Morgan fingerprint density at radius 2 is 1.88 bits per heavy atom. The van der Waals surface area contributed by atoms with Crippen LogP contribution in [0.5, 0.6) is 0 Å². The summed E-state index contributed by atoms with van der Waals surface area (Å²) in [5.74, 6) is 0.936. The van der Waals surface area contributed by atoms with Crippen molar-refractivity contribution in [1.82, 2.24) is 0 Å². The van der Waals surface area contributed by atoms with Crippen LogP contribution in [0.1, 0.15) is 64.2 Å². The second-order valence-electron chi connectivity index (χ2n) is 6.18. The molecule has 1 saturated heterocycles. The summed E-state index contributed by atoms with van der Waals surface area (Å²) in [6.45, 7) is 0. The fraction of sp³-hybridized carbons (Fsp3) is 1.00. The third-order valence-electron chi connectivity index (χ3n) is 4.93. The van der Waals surface area contributed by atoms with E-state index < -0.39 is 0 Å². The molecule has 16 heavy (non-hydrogen) atoms. The van der Waals surface area contributed by atoms with E-state index in [2.05, 4.69) is 15.9 Å². The van der Waals surface area contributed by atoms with Gasteiger partial charge in [-0.25, -0.2) is 0 Å². The lowest BCUT2D eigenvalue weighted by molar-refractivity contribution is -0.0438. The van der Waals surface area contributed by atoms with E-state index in [9.17, 15) is 0 Å². The van der Waals surface area contributed by atoms with Crippen LogP contribution in [0.15, 0.2) is 0 Å². The highest BCUT2D eigenvalue weighted by Crippen LogP contribution is 2.45. The fourth-order valence-corrected chi connectivity index (χ4v) is 4.84. The Balaban J connectivity index is 1.50. The molecule has 92 valence electrons. The van der Waals surface area contributed by atoms with Crippen LogP contribution in [0.2, 0.25) is 0 Å². The summed E-state index contributed by atoms with van der Waals surface area (Å²) in [5, 5.41) is 0. The Morgan fingerprint density at radius 3 is 2.56 bits per heavy atom. The first-order chi connectivity index (χ1) is 7.76. The van der Waals surface area contributed by atoms with Crippen LogP contribution < -0.4 is 0 Å². The summed E-state index contributed by atoms with van der Waals surface area (Å²) in [7, 11) is 0. The van der Waals surface area contributed by atoms with E-state index in [0.717, 1.165) is 10.7 Å². The van der Waals surface area contributed by atoms with Crippen molar-refractivity contribution in [1.29, 1.82) is 0 Å². The molecule has 0 bridgehead atoms. The van der Waals surface area contributed by atoms with Gasteiger partial charge in [0.05, 0.1) is 11.7 Å². The van der Waals surface area contributed by atoms with E-state index in [0.29, 0.717) is 11.7 Å². The fourth-order valence-electron chi connectivity index (χ4n) is 4.05. The highest BCUT2D eigenvalue weighted by atomic mass is 79.9. The minimum absolute atomic E-state index is 0.344. The zero-order valence-corrected chi connectivity index (χ0v) is 11.7. The van der Waals surface area contributed by atoms with Gasteiger partial charge in [0.15, 0.2) is 0 Å². The smallest absolute Gasteiger partial charge is 0.0687 e. The molecule has 2 aliphatic carbocycles. The van der Waals surface area contributed by atoms with E-state index >= 15 is 0 Å². The second-order valence-corrected chi connectivity index (χ2v) is 7.48. The predicted octanol–water partition coefficient (Wildman–Crippen LogP) is 4.43. The summed E-state index contributed by atoms with van der Waals surface area (Å²) >= 11 is 3.75. The first-order valence-corrected chi connectivity index (χ1v) is 7.99. The Kier molecular flexibility index (Phi) is 3.32. The Morgan fingerprint density at radius 1 is 1.06 bits per heavy atom. The van der Waals surface area contributed by atoms with Crippen molar-refractivity contribution in [2.75, 3.05) is 0 Å². The minimum atomic E-state index is 0.344. The van der Waals surface area contributed by atoms with Crippen LogP contribution in [0.4, 0.5) is 0 Å². The second kappa shape index (κ2) is 4.61. The molecule has 1 heterocycles. The van der Waals surface area contributed by atoms with Crippen molar-refractivity contribution < 1.29 is 4.74 Å². The monoisotopic (exact) mass is 286 g/mol. The average molecular weight is 287 g/mol. The summed E-state index contributed by atoms with van der Waals surface area (Å²) in [4.78, 5) is 0.791. The van der Waals surface area contributed by atoms with Gasteiger partial charge >= 0.3 is 0 Å². The van der Waals surface area contributed by atoms with Gasteiger partial charge < -0.3 is 4.74 Å². The molecule has 3 atom stereocenters. The average Bonchev–Trinajstić information content (AvgIpc) is 2.94. The molecule has 1 nitrogen and oxygen atoms in total. The SMILES string of the molecule is BrC1CCC(CC2CCC3(CCCC3)O2)C1. The lowest BCUT2D eigenvalue weighted by atomic mass is 9.95. The number of ether oxygens (including phenoxy) is 1. The Hall–Kier alpha value is 0.440. The van der Waals surface area contributed by atoms with E-state index in [-0.39, 0.29) is 0 Å². The topological polar surface area (TPSA) is 9.23 Å². The molecule has 0 radical (unpaired) electrons. The molecule has 0 aromatic rings. The maximum absolute atomic E-state index is 6.39. The van der Waals surface area contributed by atoms with Crippen molar-refractivity contribution in [3.8, 4) is 0 Å². The normalized spacial score (nSPS) is 42.2. The summed E-state index contributed by atoms with van der Waals surface area (Å²) in [6.07, 6.45) is 14.3. The van der Waals surface area contributed by atoms with Gasteiger partial charge in [-0.15, -0.1) is 0 Å². The molecule has 2 saturated carbocycles. The minimum Gasteiger partial charge on any atom is -0.372 e. The maximum Gasteiger partial charge on any atom is 0.0687 e. The molecule has 3 rings (SSSR count). The number of alkyl halides is 1. The van der Waals surface area contributed by atoms with Crippen molar-refractivity contribution in [2.24, 2.45) is 5.92 Å². The first kappa shape index (κ1) is 11.5. The zero-order chi connectivity index (χ0) is 11.0. The largest absolute Gasteiger partial charge is 0.372 e. The van der Waals surface area contributed by atoms with Gasteiger partial charge in [-0.1, -0.05) is 28.8 Å². The number of halogens is 1. The van der Waals surface area contributed by atoms with Crippen molar-refractivity contribution in [3.63, 3.8) is 0 Å². The predicted molar refractivity (Wildman–Crippen MR) is 70.0 cm³/mol. The van der Waals surface area contributed by atoms with Crippen molar-refractivity contribution in [3.05, 3.63) is 0 Å². The van der Waals surface area contributed by atoms with Crippen molar-refractivity contribution in [2.45, 2.75) is 80.7 Å². The molecule has 0 amide bonds. The van der Waals surface area contributed by atoms with E-state index in [1.165, 1.54) is 64.2 Å². The lowest BCUT2D eigenvalue weighted by Gasteiger charge is -2.24. The number of hydrogen-bond acceptors (Lipinski definition) is 1. The molecule has 3 unspecified atom stereocenters. The Bertz CT molecular complexity index is 247. The van der Waals surface area contributed by atoms with E-state index in [1.807, 2.05) is 0 Å². The van der Waals surface area contributed by atoms with Gasteiger partial charge in [0.1, 0.15) is 0 Å².